The Morgan fingerprint density at radius 2 is 1.83 bits per heavy atom. The van der Waals surface area contributed by atoms with Crippen LogP contribution in [0.1, 0.15) is 5.56 Å². The Morgan fingerprint density at radius 1 is 1.21 bits per heavy atom. The number of hydrogen-bond donors (Lipinski definition) is 1. The summed E-state index contributed by atoms with van der Waals surface area (Å²) in [5, 5.41) is 3.09. The summed E-state index contributed by atoms with van der Waals surface area (Å²) in [6, 6.07) is 9.43. The molecule has 0 saturated heterocycles. The van der Waals surface area contributed by atoms with Crippen molar-refractivity contribution in [1.29, 1.82) is 0 Å². The van der Waals surface area contributed by atoms with Gasteiger partial charge in [-0.05, 0) is 48.9 Å². The first kappa shape index (κ1) is 18.4. The molecule has 128 valence electrons. The molecule has 8 heteroatoms. The lowest BCUT2D eigenvalue weighted by Crippen LogP contribution is -2.35. The van der Waals surface area contributed by atoms with Crippen LogP contribution in [-0.2, 0) is 14.8 Å². The van der Waals surface area contributed by atoms with Crippen molar-refractivity contribution < 1.29 is 17.6 Å². The number of sulfonamides is 1. The fourth-order valence-electron chi connectivity index (χ4n) is 1.99. The first-order valence-corrected chi connectivity index (χ1v) is 8.80. The summed E-state index contributed by atoms with van der Waals surface area (Å²) in [6.07, 6.45) is 0. The molecule has 2 rings (SSSR count). The van der Waals surface area contributed by atoms with E-state index in [1.807, 2.05) is 0 Å². The molecular formula is C16H16ClFN2O3S. The molecule has 1 N–H and O–H groups in total. The van der Waals surface area contributed by atoms with Gasteiger partial charge in [0.05, 0.1) is 11.4 Å². The minimum Gasteiger partial charge on any atom is -0.325 e. The Labute approximate surface area is 145 Å². The van der Waals surface area contributed by atoms with Crippen LogP contribution in [0, 0.1) is 12.7 Å². The van der Waals surface area contributed by atoms with Gasteiger partial charge in [-0.1, -0.05) is 17.7 Å². The third kappa shape index (κ3) is 4.31. The zero-order chi connectivity index (χ0) is 17.9. The number of nitrogens with one attached hydrogen (secondary N) is 1. The highest BCUT2D eigenvalue weighted by atomic mass is 35.5. The number of anilines is 1. The molecule has 2 aromatic carbocycles. The van der Waals surface area contributed by atoms with Gasteiger partial charge in [-0.15, -0.1) is 0 Å². The van der Waals surface area contributed by atoms with Gasteiger partial charge in [0, 0.05) is 17.8 Å². The molecule has 5 nitrogen and oxygen atoms in total. The van der Waals surface area contributed by atoms with Gasteiger partial charge in [0.15, 0.2) is 0 Å². The maximum atomic E-state index is 12.9. The number of rotatable bonds is 5. The molecular weight excluding hydrogens is 355 g/mol. The Hall–Kier alpha value is -1.96. The average molecular weight is 371 g/mol. The number of halogens is 2. The second-order valence-electron chi connectivity index (χ2n) is 5.22. The van der Waals surface area contributed by atoms with E-state index in [0.717, 1.165) is 34.1 Å². The molecule has 0 aliphatic rings. The van der Waals surface area contributed by atoms with Crippen molar-refractivity contribution in [2.75, 3.05) is 18.9 Å². The van der Waals surface area contributed by atoms with E-state index in [4.69, 9.17) is 11.6 Å². The molecule has 0 bridgehead atoms. The highest BCUT2D eigenvalue weighted by molar-refractivity contribution is 7.89. The number of amides is 1. The van der Waals surface area contributed by atoms with E-state index in [-0.39, 0.29) is 11.4 Å². The van der Waals surface area contributed by atoms with Crippen LogP contribution >= 0.6 is 11.6 Å². The quantitative estimate of drug-likeness (QED) is 0.879. The van der Waals surface area contributed by atoms with Gasteiger partial charge >= 0.3 is 0 Å². The smallest absolute Gasteiger partial charge is 0.243 e. The van der Waals surface area contributed by atoms with Crippen molar-refractivity contribution in [2.24, 2.45) is 0 Å². The molecule has 0 spiro atoms. The Kier molecular flexibility index (Phi) is 5.58. The lowest BCUT2D eigenvalue weighted by molar-refractivity contribution is -0.116. The van der Waals surface area contributed by atoms with Gasteiger partial charge in [-0.2, -0.15) is 4.31 Å². The van der Waals surface area contributed by atoms with Crippen molar-refractivity contribution in [3.05, 3.63) is 58.9 Å². The van der Waals surface area contributed by atoms with E-state index in [9.17, 15) is 17.6 Å². The average Bonchev–Trinajstić information content (AvgIpc) is 2.51. The highest BCUT2D eigenvalue weighted by Gasteiger charge is 2.23. The first-order chi connectivity index (χ1) is 11.2. The van der Waals surface area contributed by atoms with Crippen molar-refractivity contribution in [3.63, 3.8) is 0 Å². The summed E-state index contributed by atoms with van der Waals surface area (Å²) in [4.78, 5) is 12.0. The van der Waals surface area contributed by atoms with E-state index in [2.05, 4.69) is 5.32 Å². The van der Waals surface area contributed by atoms with E-state index < -0.39 is 21.7 Å². The van der Waals surface area contributed by atoms with Gasteiger partial charge in [-0.3, -0.25) is 4.79 Å². The fraction of sp³-hybridized carbons (Fsp3) is 0.188. The van der Waals surface area contributed by atoms with E-state index >= 15 is 0 Å². The zero-order valence-electron chi connectivity index (χ0n) is 13.1. The largest absolute Gasteiger partial charge is 0.325 e. The summed E-state index contributed by atoms with van der Waals surface area (Å²) in [5.41, 5.74) is 1.32. The lowest BCUT2D eigenvalue weighted by Gasteiger charge is -2.17. The summed E-state index contributed by atoms with van der Waals surface area (Å²) in [5.74, 6) is -1.04. The summed E-state index contributed by atoms with van der Waals surface area (Å²) < 4.78 is 38.5. The lowest BCUT2D eigenvalue weighted by atomic mass is 10.2. The summed E-state index contributed by atoms with van der Waals surface area (Å²) in [6.45, 7) is 1.41. The van der Waals surface area contributed by atoms with E-state index in [1.165, 1.54) is 7.05 Å². The molecule has 0 fully saturated rings. The monoisotopic (exact) mass is 370 g/mol. The molecule has 2 aromatic rings. The number of aryl methyl sites for hydroxylation is 1. The Balaban J connectivity index is 2.10. The molecule has 0 aliphatic carbocycles. The number of likely N-dealkylation sites (N-methyl/N-ethyl adjacent to an activating group) is 1. The normalized spacial score (nSPS) is 11.5. The van der Waals surface area contributed by atoms with Crippen LogP contribution in [-0.4, -0.2) is 32.2 Å². The van der Waals surface area contributed by atoms with Crippen LogP contribution in [0.4, 0.5) is 10.1 Å². The first-order valence-electron chi connectivity index (χ1n) is 6.98. The zero-order valence-corrected chi connectivity index (χ0v) is 14.7. The van der Waals surface area contributed by atoms with Crippen molar-refractivity contribution in [3.8, 4) is 0 Å². The molecule has 0 heterocycles. The third-order valence-corrected chi connectivity index (χ3v) is 5.41. The second kappa shape index (κ2) is 7.29. The second-order valence-corrected chi connectivity index (χ2v) is 7.70. The number of nitrogens with zero attached hydrogens (tertiary/aromatic N) is 1. The van der Waals surface area contributed by atoms with E-state index in [1.54, 1.807) is 25.1 Å². The standard InChI is InChI=1S/C16H16ClFN2O3S/c1-11-3-4-12(17)9-15(11)19-16(21)10-20(2)24(22,23)14-7-5-13(18)6-8-14/h3-9H,10H2,1-2H3,(H,19,21). The third-order valence-electron chi connectivity index (χ3n) is 3.36. The van der Waals surface area contributed by atoms with Crippen molar-refractivity contribution in [1.82, 2.24) is 4.31 Å². The minimum absolute atomic E-state index is 0.0851. The molecule has 0 aromatic heterocycles. The van der Waals surface area contributed by atoms with Crippen molar-refractivity contribution in [2.45, 2.75) is 11.8 Å². The van der Waals surface area contributed by atoms with E-state index in [0.29, 0.717) is 10.7 Å². The predicted octanol–water partition coefficient (Wildman–Crippen LogP) is 3.05. The topological polar surface area (TPSA) is 66.5 Å². The maximum Gasteiger partial charge on any atom is 0.243 e. The SMILES string of the molecule is Cc1ccc(Cl)cc1NC(=O)CN(C)S(=O)(=O)c1ccc(F)cc1. The number of benzene rings is 2. The molecule has 0 saturated carbocycles. The van der Waals surface area contributed by atoms with Crippen LogP contribution in [0.2, 0.25) is 5.02 Å². The minimum atomic E-state index is -3.88. The Bertz CT molecular complexity index is 854. The van der Waals surface area contributed by atoms with Crippen LogP contribution < -0.4 is 5.32 Å². The van der Waals surface area contributed by atoms with Crippen molar-refractivity contribution >= 4 is 33.2 Å². The molecule has 0 atom stereocenters. The predicted molar refractivity (Wildman–Crippen MR) is 91.0 cm³/mol. The van der Waals surface area contributed by atoms with Crippen LogP contribution in [0.5, 0.6) is 0 Å². The molecule has 1 amide bonds. The van der Waals surface area contributed by atoms with Crippen LogP contribution in [0.25, 0.3) is 0 Å². The van der Waals surface area contributed by atoms with Crippen LogP contribution in [0.15, 0.2) is 47.4 Å². The molecule has 24 heavy (non-hydrogen) atoms. The fourth-order valence-corrected chi connectivity index (χ4v) is 3.29. The van der Waals surface area contributed by atoms with Gasteiger partial charge in [0.2, 0.25) is 15.9 Å². The molecule has 0 radical (unpaired) electrons. The molecule has 0 aliphatic heterocycles. The summed E-state index contributed by atoms with van der Waals surface area (Å²) in [7, 11) is -2.60. The van der Waals surface area contributed by atoms with Gasteiger partial charge in [0.1, 0.15) is 5.82 Å². The molecule has 0 unspecified atom stereocenters. The van der Waals surface area contributed by atoms with Crippen LogP contribution in [0.3, 0.4) is 0 Å². The van der Waals surface area contributed by atoms with Gasteiger partial charge in [0.25, 0.3) is 0 Å². The number of hydrogen-bond acceptors (Lipinski definition) is 3. The number of carbonyl (C=O) groups excluding carboxylic acids is 1. The summed E-state index contributed by atoms with van der Waals surface area (Å²) >= 11 is 5.88. The maximum absolute atomic E-state index is 12.9. The number of carbonyl (C=O) groups is 1. The van der Waals surface area contributed by atoms with Gasteiger partial charge in [-0.25, -0.2) is 12.8 Å². The Morgan fingerprint density at radius 3 is 2.46 bits per heavy atom. The highest BCUT2D eigenvalue weighted by Crippen LogP contribution is 2.20. The van der Waals surface area contributed by atoms with Gasteiger partial charge < -0.3 is 5.32 Å².